The molecule has 0 saturated heterocycles. The predicted molar refractivity (Wildman–Crippen MR) is 124 cm³/mol. The van der Waals surface area contributed by atoms with Gasteiger partial charge in [0.05, 0.1) is 12.2 Å². The monoisotopic (exact) mass is 448 g/mol. The van der Waals surface area contributed by atoms with Crippen LogP contribution in [0.1, 0.15) is 91.9 Å². The van der Waals surface area contributed by atoms with Crippen molar-refractivity contribution < 1.29 is 25.2 Å². The molecule has 0 aromatic heterocycles. The van der Waals surface area contributed by atoms with Crippen molar-refractivity contribution in [2.75, 3.05) is 0 Å². The molecule has 4 aliphatic carbocycles. The Labute approximate surface area is 193 Å². The number of aliphatic hydroxyl groups excluding tert-OH is 2. The molecule has 32 heavy (non-hydrogen) atoms. The first-order valence-electron chi connectivity index (χ1n) is 12.9. The highest BCUT2D eigenvalue weighted by Crippen LogP contribution is 2.67. The van der Waals surface area contributed by atoms with Crippen LogP contribution in [0.3, 0.4) is 0 Å². The van der Waals surface area contributed by atoms with Gasteiger partial charge in [-0.3, -0.25) is 0 Å². The summed E-state index contributed by atoms with van der Waals surface area (Å²) >= 11 is 0. The van der Waals surface area contributed by atoms with Gasteiger partial charge in [-0.2, -0.15) is 0 Å². The second-order valence-corrected chi connectivity index (χ2v) is 12.5. The number of hydrogen-bond donors (Lipinski definition) is 4. The predicted octanol–water partition coefficient (Wildman–Crippen LogP) is 4.54. The zero-order valence-corrected chi connectivity index (χ0v) is 20.4. The van der Waals surface area contributed by atoms with Gasteiger partial charge in [-0.25, -0.2) is 4.79 Å². The van der Waals surface area contributed by atoms with Crippen molar-refractivity contribution in [1.82, 2.24) is 0 Å². The summed E-state index contributed by atoms with van der Waals surface area (Å²) in [5.41, 5.74) is -0.00956. The van der Waals surface area contributed by atoms with Gasteiger partial charge in [-0.15, -0.1) is 0 Å². The highest BCUT2D eigenvalue weighted by Gasteiger charge is 2.61. The number of aliphatic hydroxyl groups is 3. The molecule has 0 aliphatic heterocycles. The van der Waals surface area contributed by atoms with Crippen LogP contribution in [-0.2, 0) is 4.79 Å². The van der Waals surface area contributed by atoms with E-state index in [9.17, 15) is 25.2 Å². The van der Waals surface area contributed by atoms with Crippen LogP contribution < -0.4 is 0 Å². The van der Waals surface area contributed by atoms with E-state index in [1.54, 1.807) is 0 Å². The van der Waals surface area contributed by atoms with Crippen LogP contribution in [-0.4, -0.2) is 44.2 Å². The number of aliphatic carboxylic acids is 1. The highest BCUT2D eigenvalue weighted by atomic mass is 16.4. The minimum Gasteiger partial charge on any atom is -0.479 e. The van der Waals surface area contributed by atoms with Gasteiger partial charge < -0.3 is 20.4 Å². The van der Waals surface area contributed by atoms with Crippen molar-refractivity contribution in [3.63, 3.8) is 0 Å². The summed E-state index contributed by atoms with van der Waals surface area (Å²) in [6.07, 6.45) is 10.7. The van der Waals surface area contributed by atoms with Crippen molar-refractivity contribution in [3.8, 4) is 0 Å². The van der Waals surface area contributed by atoms with Crippen molar-refractivity contribution in [1.29, 1.82) is 0 Å². The quantitative estimate of drug-likeness (QED) is 0.447. The second kappa shape index (κ2) is 8.39. The van der Waals surface area contributed by atoms with Gasteiger partial charge in [-0.1, -0.05) is 38.8 Å². The average Bonchev–Trinajstić information content (AvgIpc) is 3.06. The first kappa shape index (κ1) is 24.2. The Kier molecular flexibility index (Phi) is 6.35. The zero-order valence-electron chi connectivity index (χ0n) is 20.4. The van der Waals surface area contributed by atoms with E-state index in [4.69, 9.17) is 0 Å². The van der Waals surface area contributed by atoms with E-state index in [1.165, 1.54) is 31.8 Å². The Morgan fingerprint density at radius 3 is 2.56 bits per heavy atom. The maximum Gasteiger partial charge on any atom is 0.335 e. The second-order valence-electron chi connectivity index (χ2n) is 12.5. The topological polar surface area (TPSA) is 98.0 Å². The molecule has 5 nitrogen and oxygen atoms in total. The first-order valence-corrected chi connectivity index (χ1v) is 12.9. The molecule has 7 unspecified atom stereocenters. The summed E-state index contributed by atoms with van der Waals surface area (Å²) in [6.45, 7) is 8.54. The minimum absolute atomic E-state index is 0.122. The van der Waals surface area contributed by atoms with E-state index >= 15 is 0 Å². The fraction of sp³-hybridized carbons (Fsp3) is 0.889. The SMILES string of the molecule is CC(CCC[C@](C)(O)C(=O)O)C1CCC2C3C(CCC12C)C1(C)CC[C@H](O)CC1=C[C@@H]3O. The van der Waals surface area contributed by atoms with Crippen LogP contribution in [0.4, 0.5) is 0 Å². The van der Waals surface area contributed by atoms with Gasteiger partial charge >= 0.3 is 5.97 Å². The van der Waals surface area contributed by atoms with Crippen molar-refractivity contribution in [2.45, 2.75) is 110 Å². The lowest BCUT2D eigenvalue weighted by atomic mass is 9.46. The number of fused-ring (bicyclic) bond motifs is 5. The van der Waals surface area contributed by atoms with Crippen molar-refractivity contribution >= 4 is 5.97 Å². The highest BCUT2D eigenvalue weighted by molar-refractivity contribution is 5.76. The van der Waals surface area contributed by atoms with E-state index in [1.807, 2.05) is 0 Å². The maximum atomic E-state index is 11.3. The van der Waals surface area contributed by atoms with Crippen LogP contribution >= 0.6 is 0 Å². The molecule has 5 heteroatoms. The van der Waals surface area contributed by atoms with Crippen LogP contribution in [0.5, 0.6) is 0 Å². The summed E-state index contributed by atoms with van der Waals surface area (Å²) in [6, 6.07) is 0. The third-order valence-corrected chi connectivity index (χ3v) is 10.6. The normalized spacial score (nSPS) is 46.3. The number of carboxylic acids is 1. The molecule has 0 spiro atoms. The molecule has 3 fully saturated rings. The molecule has 3 saturated carbocycles. The number of hydrogen-bond acceptors (Lipinski definition) is 4. The fourth-order valence-electron chi connectivity index (χ4n) is 8.68. The summed E-state index contributed by atoms with van der Waals surface area (Å²) in [7, 11) is 0. The Morgan fingerprint density at radius 1 is 1.16 bits per heavy atom. The van der Waals surface area contributed by atoms with Gasteiger partial charge in [0.2, 0.25) is 0 Å². The third kappa shape index (κ3) is 3.86. The molecule has 182 valence electrons. The van der Waals surface area contributed by atoms with E-state index in [-0.39, 0.29) is 16.9 Å². The van der Waals surface area contributed by atoms with Crippen LogP contribution in [0.2, 0.25) is 0 Å². The number of carbonyl (C=O) groups is 1. The Bertz CT molecular complexity index is 759. The number of rotatable bonds is 6. The molecule has 4 aliphatic rings. The standard InChI is InChI=1S/C27H44O5/c1-16(6-5-11-27(4,32)24(30)31)19-7-8-20-23-21(10-13-26(19,20)3)25(2)12-9-18(28)14-17(25)15-22(23)29/h15-16,18-23,28-29,32H,5-14H2,1-4H3,(H,30,31)/t16?,18-,19?,20?,21?,22-,23?,25?,26?,27-/m0/s1. The van der Waals surface area contributed by atoms with E-state index in [0.29, 0.717) is 36.0 Å². The Balaban J connectivity index is 1.48. The molecule has 0 amide bonds. The van der Waals surface area contributed by atoms with Crippen LogP contribution in [0.25, 0.3) is 0 Å². The van der Waals surface area contributed by atoms with Crippen LogP contribution in [0.15, 0.2) is 11.6 Å². The first-order chi connectivity index (χ1) is 14.9. The van der Waals surface area contributed by atoms with E-state index in [0.717, 1.165) is 38.5 Å². The molecule has 0 aromatic carbocycles. The van der Waals surface area contributed by atoms with E-state index < -0.39 is 17.7 Å². The summed E-state index contributed by atoms with van der Waals surface area (Å²) in [5, 5.41) is 40.7. The maximum absolute atomic E-state index is 11.3. The minimum atomic E-state index is -1.64. The lowest BCUT2D eigenvalue weighted by molar-refractivity contribution is -0.157. The summed E-state index contributed by atoms with van der Waals surface area (Å²) < 4.78 is 0. The molecular formula is C27H44O5. The molecule has 4 N–H and O–H groups in total. The molecular weight excluding hydrogens is 404 g/mol. The lowest BCUT2D eigenvalue weighted by Crippen LogP contribution is -2.54. The van der Waals surface area contributed by atoms with E-state index in [2.05, 4.69) is 26.8 Å². The zero-order chi connectivity index (χ0) is 23.5. The molecule has 0 heterocycles. The molecule has 0 aromatic rings. The third-order valence-electron chi connectivity index (χ3n) is 10.6. The van der Waals surface area contributed by atoms with Crippen molar-refractivity contribution in [2.24, 2.45) is 40.4 Å². The van der Waals surface area contributed by atoms with Gasteiger partial charge in [0.15, 0.2) is 5.60 Å². The Hall–Kier alpha value is -0.910. The largest absolute Gasteiger partial charge is 0.479 e. The fourth-order valence-corrected chi connectivity index (χ4v) is 8.68. The molecule has 4 rings (SSSR count). The lowest BCUT2D eigenvalue weighted by Gasteiger charge is -2.59. The molecule has 0 radical (unpaired) electrons. The average molecular weight is 449 g/mol. The van der Waals surface area contributed by atoms with Crippen LogP contribution in [0, 0.1) is 40.4 Å². The molecule has 10 atom stereocenters. The summed E-state index contributed by atoms with van der Waals surface area (Å²) in [4.78, 5) is 11.2. The van der Waals surface area contributed by atoms with Gasteiger partial charge in [0, 0.05) is 0 Å². The number of carboxylic acid groups (broad SMARTS) is 1. The van der Waals surface area contributed by atoms with Gasteiger partial charge in [-0.05, 0) is 105 Å². The smallest absolute Gasteiger partial charge is 0.335 e. The van der Waals surface area contributed by atoms with Gasteiger partial charge in [0.25, 0.3) is 0 Å². The molecule has 0 bridgehead atoms. The summed E-state index contributed by atoms with van der Waals surface area (Å²) in [5.74, 6) is 1.26. The Morgan fingerprint density at radius 2 is 1.88 bits per heavy atom. The van der Waals surface area contributed by atoms with Crippen molar-refractivity contribution in [3.05, 3.63) is 11.6 Å². The van der Waals surface area contributed by atoms with Gasteiger partial charge in [0.1, 0.15) is 0 Å².